The lowest BCUT2D eigenvalue weighted by Gasteiger charge is -1.93. The second-order valence-electron chi connectivity index (χ2n) is 6.09. The van der Waals surface area contributed by atoms with E-state index in [2.05, 4.69) is 15.0 Å². The molecule has 0 fully saturated rings. The summed E-state index contributed by atoms with van der Waals surface area (Å²) in [4.78, 5) is 45.3. The van der Waals surface area contributed by atoms with Crippen molar-refractivity contribution in [1.82, 2.24) is 15.0 Å². The average Bonchev–Trinajstić information content (AvgIpc) is 2.69. The standard InChI is InChI=1S/C21H15N3O3/c25-19-13-1-7-16(8-2-13)22-20(26)14-5-11-18(12-6-14)24-21(27)15-3-9-17(23-19)10-4-15/h1-12H,(H,22,26)(H,23,25)(H,24,27). The number of nitrogens with one attached hydrogen (secondary N) is 3. The van der Waals surface area contributed by atoms with Crippen molar-refractivity contribution in [3.8, 4) is 0 Å². The van der Waals surface area contributed by atoms with Gasteiger partial charge in [0, 0.05) is 32.7 Å². The van der Waals surface area contributed by atoms with E-state index in [1.807, 2.05) is 0 Å². The molecule has 0 radical (unpaired) electrons. The van der Waals surface area contributed by atoms with E-state index in [1.165, 1.54) is 0 Å². The fraction of sp³-hybridized carbons (Fsp3) is 0. The van der Waals surface area contributed by atoms with Gasteiger partial charge in [0.15, 0.2) is 0 Å². The Bertz CT molecular complexity index is 1210. The van der Waals surface area contributed by atoms with Gasteiger partial charge in [-0.05, 0) is 72.8 Å². The molecule has 132 valence electrons. The minimum Gasteiger partial charge on any atom is -0.322 e. The number of rotatable bonds is 0. The fourth-order valence-corrected chi connectivity index (χ4v) is 2.72. The first-order valence-corrected chi connectivity index (χ1v) is 8.33. The number of aromatic amines is 3. The highest BCUT2D eigenvalue weighted by molar-refractivity contribution is 5.63. The zero-order valence-corrected chi connectivity index (χ0v) is 14.2. The molecular weight excluding hydrogens is 342 g/mol. The van der Waals surface area contributed by atoms with Gasteiger partial charge in [-0.15, -0.1) is 0 Å². The summed E-state index contributed by atoms with van der Waals surface area (Å²) in [6, 6.07) is 19.9. The molecule has 0 saturated carbocycles. The number of H-pyrrole nitrogens is 3. The van der Waals surface area contributed by atoms with Gasteiger partial charge in [0.25, 0.3) is 16.7 Å². The Kier molecular flexibility index (Phi) is 4.14. The Hall–Kier alpha value is -3.93. The van der Waals surface area contributed by atoms with Crippen LogP contribution >= 0.6 is 0 Å². The van der Waals surface area contributed by atoms with Crippen molar-refractivity contribution in [2.24, 2.45) is 0 Å². The average molecular weight is 357 g/mol. The molecule has 0 aliphatic carbocycles. The molecule has 0 atom stereocenters. The van der Waals surface area contributed by atoms with Crippen molar-refractivity contribution < 1.29 is 0 Å². The molecule has 4 aromatic heterocycles. The lowest BCUT2D eigenvalue weighted by molar-refractivity contribution is 1.31. The Morgan fingerprint density at radius 1 is 0.370 bits per heavy atom. The maximum atomic E-state index is 12.3. The molecule has 0 saturated heterocycles. The molecule has 3 aromatic carbocycles. The van der Waals surface area contributed by atoms with Gasteiger partial charge in [-0.3, -0.25) is 14.4 Å². The van der Waals surface area contributed by atoms with E-state index in [1.54, 1.807) is 72.8 Å². The molecule has 0 spiro atoms. The third-order valence-corrected chi connectivity index (χ3v) is 4.21. The number of fused-ring (bicyclic) bond motifs is 3. The highest BCUT2D eigenvalue weighted by Gasteiger charge is 1.94. The van der Waals surface area contributed by atoms with Gasteiger partial charge in [-0.1, -0.05) is 0 Å². The normalized spacial score (nSPS) is 10.7. The van der Waals surface area contributed by atoms with Crippen LogP contribution < -0.4 is 16.7 Å². The zero-order chi connectivity index (χ0) is 18.8. The first-order valence-electron chi connectivity index (χ1n) is 8.33. The molecule has 7 aromatic rings. The lowest BCUT2D eigenvalue weighted by Crippen LogP contribution is -2.05. The number of hydrogen-bond acceptors (Lipinski definition) is 3. The Labute approximate surface area is 152 Å². The van der Waals surface area contributed by atoms with Gasteiger partial charge in [0.1, 0.15) is 0 Å². The molecule has 4 heterocycles. The van der Waals surface area contributed by atoms with Crippen LogP contribution in [0.3, 0.4) is 0 Å². The van der Waals surface area contributed by atoms with Crippen LogP contribution in [0, 0.1) is 0 Å². The quantitative estimate of drug-likeness (QED) is 0.451. The monoisotopic (exact) mass is 357 g/mol. The van der Waals surface area contributed by atoms with E-state index in [-0.39, 0.29) is 16.7 Å². The van der Waals surface area contributed by atoms with Gasteiger partial charge in [0.05, 0.1) is 0 Å². The van der Waals surface area contributed by atoms with Crippen molar-refractivity contribution in [1.29, 1.82) is 0 Å². The SMILES string of the molecule is O=c1[nH]c2ccc(cc2)c(=O)[nH]c2ccc(cc2)c(=O)[nH]c2ccc1cc2. The van der Waals surface area contributed by atoms with E-state index < -0.39 is 0 Å². The maximum Gasteiger partial charge on any atom is 0.255 e. The molecule has 0 aliphatic heterocycles. The van der Waals surface area contributed by atoms with E-state index >= 15 is 0 Å². The van der Waals surface area contributed by atoms with Crippen molar-refractivity contribution in [3.05, 3.63) is 104 Å². The van der Waals surface area contributed by atoms with Gasteiger partial charge >= 0.3 is 0 Å². The Morgan fingerprint density at radius 3 is 0.815 bits per heavy atom. The van der Waals surface area contributed by atoms with Crippen LogP contribution in [-0.4, -0.2) is 15.0 Å². The highest BCUT2D eigenvalue weighted by Crippen LogP contribution is 2.02. The summed E-state index contributed by atoms with van der Waals surface area (Å²) in [5, 5.41) is 1.38. The first kappa shape index (κ1) is 16.5. The number of aromatic nitrogens is 3. The smallest absolute Gasteiger partial charge is 0.255 e. The first-order chi connectivity index (χ1) is 13.1. The van der Waals surface area contributed by atoms with Gasteiger partial charge in [-0.25, -0.2) is 0 Å². The third kappa shape index (κ3) is 3.55. The lowest BCUT2D eigenvalue weighted by atomic mass is 10.2. The predicted molar refractivity (Wildman–Crippen MR) is 107 cm³/mol. The molecule has 3 N–H and O–H groups in total. The van der Waals surface area contributed by atoms with E-state index in [4.69, 9.17) is 0 Å². The van der Waals surface area contributed by atoms with Crippen LogP contribution in [0.1, 0.15) is 0 Å². The van der Waals surface area contributed by atoms with Crippen LogP contribution in [0.25, 0.3) is 32.7 Å². The summed E-state index contributed by atoms with van der Waals surface area (Å²) < 4.78 is 0. The van der Waals surface area contributed by atoms with E-state index in [0.717, 1.165) is 0 Å². The topological polar surface area (TPSA) is 98.6 Å². The van der Waals surface area contributed by atoms with Crippen LogP contribution in [-0.2, 0) is 0 Å². The summed E-state index contributed by atoms with van der Waals surface area (Å²) in [6.45, 7) is 0. The van der Waals surface area contributed by atoms with Crippen molar-refractivity contribution in [2.45, 2.75) is 0 Å². The predicted octanol–water partition coefficient (Wildman–Crippen LogP) is 2.90. The summed E-state index contributed by atoms with van der Waals surface area (Å²) >= 11 is 0. The summed E-state index contributed by atoms with van der Waals surface area (Å²) in [5.74, 6) is 0. The molecule has 7 rings (SSSR count). The van der Waals surface area contributed by atoms with Crippen molar-refractivity contribution >= 4 is 32.7 Å². The fourth-order valence-electron chi connectivity index (χ4n) is 2.72. The zero-order valence-electron chi connectivity index (χ0n) is 14.2. The van der Waals surface area contributed by atoms with Gasteiger partial charge in [-0.2, -0.15) is 0 Å². The van der Waals surface area contributed by atoms with Crippen LogP contribution in [0.2, 0.25) is 0 Å². The van der Waals surface area contributed by atoms with Gasteiger partial charge in [0.2, 0.25) is 0 Å². The minimum absolute atomic E-state index is 0.277. The highest BCUT2D eigenvalue weighted by atomic mass is 16.1. The van der Waals surface area contributed by atoms with Crippen molar-refractivity contribution in [3.63, 3.8) is 0 Å². The molecule has 6 nitrogen and oxygen atoms in total. The van der Waals surface area contributed by atoms with Crippen LogP contribution in [0.15, 0.2) is 87.2 Å². The third-order valence-electron chi connectivity index (χ3n) is 4.21. The molecule has 0 amide bonds. The van der Waals surface area contributed by atoms with Crippen molar-refractivity contribution in [2.75, 3.05) is 0 Å². The molecule has 0 unspecified atom stereocenters. The molecular formula is C21H15N3O3. The van der Waals surface area contributed by atoms with E-state index in [9.17, 15) is 14.4 Å². The molecule has 0 aliphatic rings. The number of benzene rings is 3. The Balaban J connectivity index is 2.14. The summed E-state index contributed by atoms with van der Waals surface area (Å²) in [5.41, 5.74) is 0.918. The van der Waals surface area contributed by atoms with Crippen LogP contribution in [0.4, 0.5) is 0 Å². The maximum absolute atomic E-state index is 12.3. The van der Waals surface area contributed by atoms with Crippen LogP contribution in [0.5, 0.6) is 0 Å². The number of hydrogen-bond donors (Lipinski definition) is 3. The largest absolute Gasteiger partial charge is 0.322 e. The second kappa shape index (κ2) is 6.76. The minimum atomic E-state index is -0.277. The molecule has 27 heavy (non-hydrogen) atoms. The Morgan fingerprint density at radius 2 is 0.593 bits per heavy atom. The second-order valence-corrected chi connectivity index (χ2v) is 6.09. The molecule has 6 bridgehead atoms. The van der Waals surface area contributed by atoms with E-state index in [0.29, 0.717) is 32.7 Å². The summed E-state index contributed by atoms with van der Waals surface area (Å²) in [7, 11) is 0. The summed E-state index contributed by atoms with van der Waals surface area (Å²) in [6.07, 6.45) is 0. The molecule has 6 heteroatoms. The van der Waals surface area contributed by atoms with Gasteiger partial charge < -0.3 is 15.0 Å².